The maximum atomic E-state index is 12.4. The minimum absolute atomic E-state index is 0.262. The van der Waals surface area contributed by atoms with Gasteiger partial charge in [-0.2, -0.15) is 0 Å². The van der Waals surface area contributed by atoms with Gasteiger partial charge in [-0.05, 0) is 35.5 Å². The maximum absolute atomic E-state index is 12.4. The normalized spacial score (nSPS) is 16.0. The third kappa shape index (κ3) is 3.58. The average Bonchev–Trinajstić information content (AvgIpc) is 2.83. The Balaban J connectivity index is 1.78. The van der Waals surface area contributed by atoms with Crippen LogP contribution < -0.4 is 0 Å². The number of hydrogen-bond donors (Lipinski definition) is 0. The Labute approximate surface area is 148 Å². The van der Waals surface area contributed by atoms with Crippen molar-refractivity contribution in [3.8, 4) is 0 Å². The van der Waals surface area contributed by atoms with Gasteiger partial charge in [0.05, 0.1) is 11.4 Å². The zero-order chi connectivity index (χ0) is 17.1. The van der Waals surface area contributed by atoms with E-state index in [0.717, 1.165) is 22.2 Å². The van der Waals surface area contributed by atoms with E-state index in [0.29, 0.717) is 10.6 Å². The molecule has 1 saturated heterocycles. The molecule has 24 heavy (non-hydrogen) atoms. The second kappa shape index (κ2) is 7.03. The summed E-state index contributed by atoms with van der Waals surface area (Å²) in [6.07, 6.45) is 1.60. The number of rotatable bonds is 4. The molecule has 2 aromatic rings. The van der Waals surface area contributed by atoms with Gasteiger partial charge in [0.1, 0.15) is 0 Å². The van der Waals surface area contributed by atoms with Gasteiger partial charge in [-0.1, -0.05) is 54.1 Å². The summed E-state index contributed by atoms with van der Waals surface area (Å²) in [6, 6.07) is 15.6. The molecule has 0 aromatic heterocycles. The molecule has 1 aliphatic rings. The molecule has 1 heterocycles. The summed E-state index contributed by atoms with van der Waals surface area (Å²) in [4.78, 5) is 37.9. The lowest BCUT2D eigenvalue weighted by Gasteiger charge is -2.11. The number of benzene rings is 2. The standard InChI is InChI=1S/C18H12ClNO3S/c19-14-8-4-5-12(9-14)10-16-17(22)20(18(23)24-16)11-15(21)13-6-2-1-3-7-13/h1-10H,11H2/b16-10+. The minimum Gasteiger partial charge on any atom is -0.292 e. The zero-order valence-electron chi connectivity index (χ0n) is 12.4. The van der Waals surface area contributed by atoms with Gasteiger partial charge in [-0.25, -0.2) is 0 Å². The van der Waals surface area contributed by atoms with E-state index in [9.17, 15) is 14.4 Å². The van der Waals surface area contributed by atoms with Crippen LogP contribution in [0.3, 0.4) is 0 Å². The molecule has 4 nitrogen and oxygen atoms in total. The quantitative estimate of drug-likeness (QED) is 0.606. The molecule has 3 rings (SSSR count). The molecule has 1 aliphatic heterocycles. The Hall–Kier alpha value is -2.37. The van der Waals surface area contributed by atoms with Crippen molar-refractivity contribution >= 4 is 46.4 Å². The lowest BCUT2D eigenvalue weighted by Crippen LogP contribution is -2.33. The molecular formula is C18H12ClNO3S. The van der Waals surface area contributed by atoms with Gasteiger partial charge in [-0.15, -0.1) is 0 Å². The highest BCUT2D eigenvalue weighted by atomic mass is 35.5. The highest BCUT2D eigenvalue weighted by Gasteiger charge is 2.36. The molecule has 120 valence electrons. The fourth-order valence-corrected chi connectivity index (χ4v) is 3.28. The molecule has 1 fully saturated rings. The first-order chi connectivity index (χ1) is 11.5. The van der Waals surface area contributed by atoms with Crippen molar-refractivity contribution in [3.05, 3.63) is 75.7 Å². The van der Waals surface area contributed by atoms with E-state index >= 15 is 0 Å². The Bertz CT molecular complexity index is 848. The van der Waals surface area contributed by atoms with Crippen LogP contribution in [0.25, 0.3) is 6.08 Å². The lowest BCUT2D eigenvalue weighted by molar-refractivity contribution is -0.122. The summed E-state index contributed by atoms with van der Waals surface area (Å²) < 4.78 is 0. The Morgan fingerprint density at radius 2 is 1.83 bits per heavy atom. The first-order valence-electron chi connectivity index (χ1n) is 7.14. The average molecular weight is 358 g/mol. The van der Waals surface area contributed by atoms with Crippen LogP contribution in [0.2, 0.25) is 5.02 Å². The van der Waals surface area contributed by atoms with Gasteiger partial charge in [0, 0.05) is 10.6 Å². The van der Waals surface area contributed by atoms with Gasteiger partial charge in [0.15, 0.2) is 5.78 Å². The van der Waals surface area contributed by atoms with Crippen LogP contribution in [-0.2, 0) is 4.79 Å². The Kier molecular flexibility index (Phi) is 4.83. The number of Topliss-reactive ketones (excluding diaryl/α,β-unsaturated/α-hetero) is 1. The van der Waals surface area contributed by atoms with Gasteiger partial charge >= 0.3 is 0 Å². The minimum atomic E-state index is -0.464. The van der Waals surface area contributed by atoms with Crippen molar-refractivity contribution in [3.63, 3.8) is 0 Å². The highest BCUT2D eigenvalue weighted by Crippen LogP contribution is 2.32. The van der Waals surface area contributed by atoms with Gasteiger partial charge in [0.25, 0.3) is 11.1 Å². The zero-order valence-corrected chi connectivity index (χ0v) is 14.0. The van der Waals surface area contributed by atoms with Crippen LogP contribution >= 0.6 is 23.4 Å². The van der Waals surface area contributed by atoms with Crippen LogP contribution in [-0.4, -0.2) is 28.4 Å². The fourth-order valence-electron chi connectivity index (χ4n) is 2.24. The molecule has 0 saturated carbocycles. The van der Waals surface area contributed by atoms with Crippen molar-refractivity contribution in [2.24, 2.45) is 0 Å². The predicted octanol–water partition coefficient (Wildman–Crippen LogP) is 4.26. The summed E-state index contributed by atoms with van der Waals surface area (Å²) in [5.41, 5.74) is 1.19. The number of imide groups is 1. The van der Waals surface area contributed by atoms with Crippen molar-refractivity contribution in [1.82, 2.24) is 4.90 Å². The molecular weight excluding hydrogens is 346 g/mol. The number of nitrogens with zero attached hydrogens (tertiary/aromatic N) is 1. The number of hydrogen-bond acceptors (Lipinski definition) is 4. The van der Waals surface area contributed by atoms with E-state index in [4.69, 9.17) is 11.6 Å². The summed E-state index contributed by atoms with van der Waals surface area (Å²) in [7, 11) is 0. The van der Waals surface area contributed by atoms with Crippen LogP contribution in [0, 0.1) is 0 Å². The van der Waals surface area contributed by atoms with Gasteiger partial charge in [0.2, 0.25) is 0 Å². The first kappa shape index (κ1) is 16.5. The van der Waals surface area contributed by atoms with Crippen LogP contribution in [0.4, 0.5) is 4.79 Å². The van der Waals surface area contributed by atoms with E-state index in [2.05, 4.69) is 0 Å². The lowest BCUT2D eigenvalue weighted by atomic mass is 10.1. The van der Waals surface area contributed by atoms with Gasteiger partial charge in [-0.3, -0.25) is 19.3 Å². The molecule has 2 amide bonds. The Morgan fingerprint density at radius 3 is 2.54 bits per heavy atom. The summed E-state index contributed by atoms with van der Waals surface area (Å²) in [6.45, 7) is -0.262. The molecule has 0 radical (unpaired) electrons. The molecule has 0 atom stereocenters. The van der Waals surface area contributed by atoms with Gasteiger partial charge < -0.3 is 0 Å². The summed E-state index contributed by atoms with van der Waals surface area (Å²) >= 11 is 6.74. The number of ketones is 1. The monoisotopic (exact) mass is 357 g/mol. The van der Waals surface area contributed by atoms with Crippen molar-refractivity contribution in [2.75, 3.05) is 6.54 Å². The fraction of sp³-hybridized carbons (Fsp3) is 0.0556. The molecule has 0 aliphatic carbocycles. The third-order valence-electron chi connectivity index (χ3n) is 3.42. The largest absolute Gasteiger partial charge is 0.293 e. The van der Waals surface area contributed by atoms with Crippen molar-refractivity contribution in [1.29, 1.82) is 0 Å². The second-order valence-corrected chi connectivity index (χ2v) is 6.54. The topological polar surface area (TPSA) is 54.5 Å². The van der Waals surface area contributed by atoms with E-state index < -0.39 is 11.1 Å². The van der Waals surface area contributed by atoms with E-state index in [1.54, 1.807) is 60.7 Å². The first-order valence-corrected chi connectivity index (χ1v) is 8.33. The molecule has 0 bridgehead atoms. The van der Waals surface area contributed by atoms with Crippen LogP contribution in [0.5, 0.6) is 0 Å². The molecule has 0 spiro atoms. The predicted molar refractivity (Wildman–Crippen MR) is 94.9 cm³/mol. The highest BCUT2D eigenvalue weighted by molar-refractivity contribution is 8.18. The number of halogens is 1. The molecule has 2 aromatic carbocycles. The Morgan fingerprint density at radius 1 is 1.08 bits per heavy atom. The third-order valence-corrected chi connectivity index (χ3v) is 4.56. The van der Waals surface area contributed by atoms with Crippen LogP contribution in [0.1, 0.15) is 15.9 Å². The molecule has 0 unspecified atom stereocenters. The number of thioether (sulfide) groups is 1. The number of amides is 2. The van der Waals surface area contributed by atoms with E-state index in [-0.39, 0.29) is 17.2 Å². The maximum Gasteiger partial charge on any atom is 0.293 e. The molecule has 6 heteroatoms. The van der Waals surface area contributed by atoms with Crippen LogP contribution in [0.15, 0.2) is 59.5 Å². The smallest absolute Gasteiger partial charge is 0.292 e. The molecule has 0 N–H and O–H groups in total. The summed E-state index contributed by atoms with van der Waals surface area (Å²) in [5.74, 6) is -0.740. The summed E-state index contributed by atoms with van der Waals surface area (Å²) in [5, 5.41) is 0.0970. The van der Waals surface area contributed by atoms with E-state index in [1.807, 2.05) is 0 Å². The second-order valence-electron chi connectivity index (χ2n) is 5.11. The van der Waals surface area contributed by atoms with E-state index in [1.165, 1.54) is 0 Å². The van der Waals surface area contributed by atoms with Crippen molar-refractivity contribution in [2.45, 2.75) is 0 Å². The number of carbonyl (C=O) groups excluding carboxylic acids is 3. The number of carbonyl (C=O) groups is 3. The SMILES string of the molecule is O=C(CN1C(=O)S/C(=C/c2cccc(Cl)c2)C1=O)c1ccccc1. The van der Waals surface area contributed by atoms with Crippen molar-refractivity contribution < 1.29 is 14.4 Å².